The number of carbonyl (C=O) groups excluding carboxylic acids is 3. The molecule has 2 aromatic heterocycles. The SMILES string of the molecule is CC(C)(C)C(=O)C(N)CC1CCN(c2ncnc3cc(C(=O)OC(=O)C(F)(F)F)sc23)CC1. The largest absolute Gasteiger partial charge is 0.491 e. The van der Waals surface area contributed by atoms with Crippen molar-refractivity contribution in [3.05, 3.63) is 17.3 Å². The Kier molecular flexibility index (Phi) is 7.08. The number of piperidine rings is 1. The summed E-state index contributed by atoms with van der Waals surface area (Å²) in [5.41, 5.74) is 6.01. The number of fused-ring (bicyclic) bond motifs is 1. The summed E-state index contributed by atoms with van der Waals surface area (Å²) in [7, 11) is 0. The molecule has 1 aliphatic heterocycles. The van der Waals surface area contributed by atoms with E-state index in [1.54, 1.807) is 0 Å². The summed E-state index contributed by atoms with van der Waals surface area (Å²) in [4.78, 5) is 45.5. The van der Waals surface area contributed by atoms with E-state index in [9.17, 15) is 27.6 Å². The minimum absolute atomic E-state index is 0.0319. The molecule has 0 spiro atoms. The molecular weight excluding hydrogens is 461 g/mol. The number of carbonyl (C=O) groups is 3. The number of ether oxygens (including phenoxy) is 1. The van der Waals surface area contributed by atoms with E-state index in [0.29, 0.717) is 35.5 Å². The van der Waals surface area contributed by atoms with Crippen LogP contribution in [0, 0.1) is 11.3 Å². The van der Waals surface area contributed by atoms with Crippen LogP contribution in [0.4, 0.5) is 19.0 Å². The summed E-state index contributed by atoms with van der Waals surface area (Å²) < 4.78 is 41.5. The van der Waals surface area contributed by atoms with Gasteiger partial charge in [0.05, 0.1) is 16.3 Å². The van der Waals surface area contributed by atoms with Crippen LogP contribution in [0.3, 0.4) is 0 Å². The van der Waals surface area contributed by atoms with Gasteiger partial charge >= 0.3 is 18.1 Å². The van der Waals surface area contributed by atoms with Crippen molar-refractivity contribution in [2.24, 2.45) is 17.1 Å². The van der Waals surface area contributed by atoms with Gasteiger partial charge in [-0.1, -0.05) is 20.8 Å². The monoisotopic (exact) mass is 486 g/mol. The molecule has 1 unspecified atom stereocenters. The molecule has 2 N–H and O–H groups in total. The highest BCUT2D eigenvalue weighted by Crippen LogP contribution is 2.35. The molecule has 0 saturated carbocycles. The lowest BCUT2D eigenvalue weighted by molar-refractivity contribution is -0.193. The Labute approximate surface area is 192 Å². The van der Waals surface area contributed by atoms with E-state index in [2.05, 4.69) is 14.7 Å². The molecule has 3 heterocycles. The normalized spacial score (nSPS) is 16.6. The van der Waals surface area contributed by atoms with Gasteiger partial charge in [0.15, 0.2) is 5.78 Å². The molecule has 1 aliphatic rings. The first-order valence-electron chi connectivity index (χ1n) is 10.4. The maximum absolute atomic E-state index is 12.4. The van der Waals surface area contributed by atoms with Crippen molar-refractivity contribution in [3.8, 4) is 0 Å². The standard InChI is InChI=1S/C21H25F3N4O4S/c1-20(2,3)16(29)12(25)8-11-4-6-28(7-5-11)17-15-13(26-10-27-17)9-14(33-15)18(30)32-19(31)21(22,23)24/h9-12H,4-8,25H2,1-3H3. The molecule has 0 amide bonds. The first kappa shape index (κ1) is 25.0. The van der Waals surface area contributed by atoms with Crippen molar-refractivity contribution in [1.29, 1.82) is 0 Å². The zero-order valence-corrected chi connectivity index (χ0v) is 19.3. The predicted octanol–water partition coefficient (Wildman–Crippen LogP) is 3.49. The lowest BCUT2D eigenvalue weighted by atomic mass is 9.81. The summed E-state index contributed by atoms with van der Waals surface area (Å²) in [6.07, 6.45) is -1.77. The second kappa shape index (κ2) is 9.34. The fraction of sp³-hybridized carbons (Fsp3) is 0.571. The summed E-state index contributed by atoms with van der Waals surface area (Å²) in [6.45, 7) is 6.82. The lowest BCUT2D eigenvalue weighted by Gasteiger charge is -2.34. The molecule has 1 atom stereocenters. The second-order valence-electron chi connectivity index (χ2n) is 9.08. The number of aromatic nitrogens is 2. The van der Waals surface area contributed by atoms with Crippen molar-refractivity contribution < 1.29 is 32.3 Å². The van der Waals surface area contributed by atoms with E-state index in [1.807, 2.05) is 25.7 Å². The average Bonchev–Trinajstić information content (AvgIpc) is 3.17. The number of nitrogens with two attached hydrogens (primary N) is 1. The van der Waals surface area contributed by atoms with Crippen LogP contribution in [-0.2, 0) is 14.3 Å². The van der Waals surface area contributed by atoms with Gasteiger partial charge in [0.2, 0.25) is 0 Å². The van der Waals surface area contributed by atoms with Gasteiger partial charge in [-0.2, -0.15) is 13.2 Å². The molecule has 0 aliphatic carbocycles. The van der Waals surface area contributed by atoms with Crippen molar-refractivity contribution in [2.75, 3.05) is 18.0 Å². The van der Waals surface area contributed by atoms with Gasteiger partial charge < -0.3 is 15.4 Å². The van der Waals surface area contributed by atoms with Gasteiger partial charge in [-0.05, 0) is 31.2 Å². The highest BCUT2D eigenvalue weighted by Gasteiger charge is 2.43. The molecule has 8 nitrogen and oxygen atoms in total. The van der Waals surface area contributed by atoms with Gasteiger partial charge in [0.1, 0.15) is 17.0 Å². The summed E-state index contributed by atoms with van der Waals surface area (Å²) in [5.74, 6) is -3.09. The Hall–Kier alpha value is -2.60. The van der Waals surface area contributed by atoms with Gasteiger partial charge in [0.25, 0.3) is 0 Å². The molecular formula is C21H25F3N4O4S. The number of halogens is 3. The minimum Gasteiger partial charge on any atom is -0.382 e. The topological polar surface area (TPSA) is 115 Å². The van der Waals surface area contributed by atoms with Gasteiger partial charge in [0, 0.05) is 18.5 Å². The second-order valence-corrected chi connectivity index (χ2v) is 10.1. The summed E-state index contributed by atoms with van der Waals surface area (Å²) in [6, 6.07) is 0.763. The average molecular weight is 487 g/mol. The van der Waals surface area contributed by atoms with E-state index in [0.717, 1.165) is 24.2 Å². The number of thiophene rings is 1. The van der Waals surface area contributed by atoms with Gasteiger partial charge in [-0.15, -0.1) is 11.3 Å². The minimum atomic E-state index is -5.26. The first-order valence-corrected chi connectivity index (χ1v) is 11.2. The Morgan fingerprint density at radius 1 is 1.21 bits per heavy atom. The van der Waals surface area contributed by atoms with Crippen LogP contribution in [0.1, 0.15) is 49.7 Å². The maximum Gasteiger partial charge on any atom is 0.491 e. The molecule has 2 aromatic rings. The third kappa shape index (κ3) is 5.85. The van der Waals surface area contributed by atoms with Crippen molar-refractivity contribution in [1.82, 2.24) is 9.97 Å². The van der Waals surface area contributed by atoms with E-state index in [1.165, 1.54) is 12.4 Å². The predicted molar refractivity (Wildman–Crippen MR) is 116 cm³/mol. The molecule has 12 heteroatoms. The highest BCUT2D eigenvalue weighted by molar-refractivity contribution is 7.21. The van der Waals surface area contributed by atoms with Crippen molar-refractivity contribution in [3.63, 3.8) is 0 Å². The number of alkyl halides is 3. The number of nitrogens with zero attached hydrogens (tertiary/aromatic N) is 3. The van der Waals surface area contributed by atoms with Crippen LogP contribution in [0.25, 0.3) is 10.2 Å². The molecule has 0 radical (unpaired) electrons. The Bertz CT molecular complexity index is 1060. The Morgan fingerprint density at radius 2 is 1.85 bits per heavy atom. The van der Waals surface area contributed by atoms with E-state index in [4.69, 9.17) is 5.73 Å². The quantitative estimate of drug-likeness (QED) is 0.505. The molecule has 0 aromatic carbocycles. The molecule has 3 rings (SSSR count). The third-order valence-corrected chi connectivity index (χ3v) is 6.59. The zero-order valence-electron chi connectivity index (χ0n) is 18.4. The van der Waals surface area contributed by atoms with Gasteiger partial charge in [-0.25, -0.2) is 19.6 Å². The van der Waals surface area contributed by atoms with E-state index < -0.39 is 29.6 Å². The number of rotatable bonds is 5. The third-order valence-electron chi connectivity index (χ3n) is 5.49. The van der Waals surface area contributed by atoms with E-state index >= 15 is 0 Å². The summed E-state index contributed by atoms with van der Waals surface area (Å²) >= 11 is 0.871. The smallest absolute Gasteiger partial charge is 0.382 e. The number of ketones is 1. The number of anilines is 1. The first-order chi connectivity index (χ1) is 15.3. The van der Waals surface area contributed by atoms with Crippen LogP contribution in [0.15, 0.2) is 12.4 Å². The fourth-order valence-electron chi connectivity index (χ4n) is 3.76. The Balaban J connectivity index is 1.68. The zero-order chi connectivity index (χ0) is 24.6. The highest BCUT2D eigenvalue weighted by atomic mass is 32.1. The number of hydrogen-bond acceptors (Lipinski definition) is 9. The maximum atomic E-state index is 12.4. The van der Waals surface area contributed by atoms with Crippen LogP contribution < -0.4 is 10.6 Å². The Morgan fingerprint density at radius 3 is 2.42 bits per heavy atom. The molecule has 1 saturated heterocycles. The van der Waals surface area contributed by atoms with Crippen LogP contribution in [0.5, 0.6) is 0 Å². The molecule has 0 bridgehead atoms. The van der Waals surface area contributed by atoms with Crippen molar-refractivity contribution in [2.45, 2.75) is 52.3 Å². The molecule has 180 valence electrons. The lowest BCUT2D eigenvalue weighted by Crippen LogP contribution is -2.42. The van der Waals surface area contributed by atoms with Crippen molar-refractivity contribution >= 4 is 45.1 Å². The molecule has 33 heavy (non-hydrogen) atoms. The van der Waals surface area contributed by atoms with Crippen LogP contribution >= 0.6 is 11.3 Å². The summed E-state index contributed by atoms with van der Waals surface area (Å²) in [5, 5.41) is 0. The molecule has 1 fully saturated rings. The van der Waals surface area contributed by atoms with Gasteiger partial charge in [-0.3, -0.25) is 4.79 Å². The van der Waals surface area contributed by atoms with E-state index in [-0.39, 0.29) is 16.6 Å². The fourth-order valence-corrected chi connectivity index (χ4v) is 4.77. The van der Waals surface area contributed by atoms with Crippen LogP contribution in [-0.4, -0.2) is 53.0 Å². The van der Waals surface area contributed by atoms with Crippen LogP contribution in [0.2, 0.25) is 0 Å². The number of Topliss-reactive ketones (excluding diaryl/α,β-unsaturated/α-hetero) is 1. The number of esters is 2. The number of hydrogen-bond donors (Lipinski definition) is 1.